The number of hydrogen-bond acceptors (Lipinski definition) is 3. The molecule has 0 atom stereocenters. The molecule has 3 nitrogen and oxygen atoms in total. The third kappa shape index (κ3) is 3.87. The number of rotatable bonds is 4. The number of halogens is 1. The van der Waals surface area contributed by atoms with Gasteiger partial charge in [0.2, 0.25) is 0 Å². The van der Waals surface area contributed by atoms with Crippen molar-refractivity contribution in [2.75, 3.05) is 19.6 Å². The minimum atomic E-state index is -0.303. The zero-order chi connectivity index (χ0) is 21.3. The highest BCUT2D eigenvalue weighted by molar-refractivity contribution is 5.91. The van der Waals surface area contributed by atoms with Crippen LogP contribution in [0.1, 0.15) is 45.5 Å². The van der Waals surface area contributed by atoms with E-state index in [-0.39, 0.29) is 23.8 Å². The first-order valence-corrected chi connectivity index (χ1v) is 11.0. The first-order valence-electron chi connectivity index (χ1n) is 11.0. The van der Waals surface area contributed by atoms with Crippen LogP contribution >= 0.6 is 12.4 Å². The van der Waals surface area contributed by atoms with Crippen molar-refractivity contribution in [2.24, 2.45) is 0 Å². The number of carbonyl (C=O) groups excluding carboxylic acids is 1. The molecule has 0 radical (unpaired) electrons. The molecule has 164 valence electrons. The number of esters is 1. The summed E-state index contributed by atoms with van der Waals surface area (Å²) in [7, 11) is 0. The second kappa shape index (κ2) is 9.32. The molecular formula is C28H28ClNO2. The van der Waals surface area contributed by atoms with E-state index < -0.39 is 0 Å². The van der Waals surface area contributed by atoms with Crippen LogP contribution in [0, 0.1) is 0 Å². The Kier molecular flexibility index (Phi) is 6.50. The summed E-state index contributed by atoms with van der Waals surface area (Å²) >= 11 is 0. The standard InChI is InChI=1S/C28H27NO2.ClH/c1-2-17-29-18-15-28(16-19-29)24-12-7-6-11-22(24)20-23-25(28)13-8-14-26(23)31-27(30)21-9-4-3-5-10-21;/h2-14H,1,15-20H2;1H. The van der Waals surface area contributed by atoms with E-state index in [0.29, 0.717) is 11.3 Å². The van der Waals surface area contributed by atoms with Crippen molar-refractivity contribution < 1.29 is 9.53 Å². The SMILES string of the molecule is C=CCN1CCC2(CC1)c1ccccc1Cc1c(OC(=O)c3ccccc3)cccc12.Cl. The monoisotopic (exact) mass is 445 g/mol. The van der Waals surface area contributed by atoms with Gasteiger partial charge in [-0.2, -0.15) is 0 Å². The van der Waals surface area contributed by atoms with Crippen LogP contribution in [-0.2, 0) is 11.8 Å². The molecule has 5 rings (SSSR count). The highest BCUT2D eigenvalue weighted by Gasteiger charge is 2.43. The molecule has 4 heteroatoms. The lowest BCUT2D eigenvalue weighted by Crippen LogP contribution is -2.45. The lowest BCUT2D eigenvalue weighted by atomic mass is 9.62. The fraction of sp³-hybridized carbons (Fsp3) is 0.250. The first-order chi connectivity index (χ1) is 15.2. The van der Waals surface area contributed by atoms with Crippen molar-refractivity contribution in [3.8, 4) is 5.75 Å². The van der Waals surface area contributed by atoms with Crippen LogP contribution in [0.2, 0.25) is 0 Å². The molecule has 3 aromatic carbocycles. The summed E-state index contributed by atoms with van der Waals surface area (Å²) in [6, 6.07) is 24.2. The molecule has 0 N–H and O–H groups in total. The summed E-state index contributed by atoms with van der Waals surface area (Å²) in [5, 5.41) is 0. The predicted molar refractivity (Wildman–Crippen MR) is 131 cm³/mol. The van der Waals surface area contributed by atoms with Gasteiger partial charge in [-0.15, -0.1) is 19.0 Å². The van der Waals surface area contributed by atoms with Crippen molar-refractivity contribution >= 4 is 18.4 Å². The first kappa shape index (κ1) is 22.3. The van der Waals surface area contributed by atoms with Crippen LogP contribution in [0.3, 0.4) is 0 Å². The van der Waals surface area contributed by atoms with E-state index in [1.54, 1.807) is 12.1 Å². The van der Waals surface area contributed by atoms with Crippen molar-refractivity contribution in [1.29, 1.82) is 0 Å². The largest absolute Gasteiger partial charge is 0.423 e. The number of hydrogen-bond donors (Lipinski definition) is 0. The minimum absolute atomic E-state index is 0. The van der Waals surface area contributed by atoms with Crippen molar-refractivity contribution in [2.45, 2.75) is 24.7 Å². The normalized spacial score (nSPS) is 16.4. The molecule has 1 aliphatic carbocycles. The van der Waals surface area contributed by atoms with Gasteiger partial charge in [-0.1, -0.05) is 60.7 Å². The molecule has 32 heavy (non-hydrogen) atoms. The highest BCUT2D eigenvalue weighted by atomic mass is 35.5. The van der Waals surface area contributed by atoms with Crippen molar-refractivity contribution in [3.63, 3.8) is 0 Å². The molecule has 2 aliphatic rings. The quantitative estimate of drug-likeness (QED) is 0.289. The number of fused-ring (bicyclic) bond motifs is 4. The zero-order valence-electron chi connectivity index (χ0n) is 18.1. The molecule has 1 spiro atoms. The van der Waals surface area contributed by atoms with Gasteiger partial charge in [-0.05, 0) is 60.8 Å². The number of benzene rings is 3. The number of ether oxygens (including phenoxy) is 1. The zero-order valence-corrected chi connectivity index (χ0v) is 18.9. The lowest BCUT2D eigenvalue weighted by molar-refractivity contribution is 0.0732. The number of piperidine rings is 1. The minimum Gasteiger partial charge on any atom is -0.423 e. The molecule has 0 aromatic heterocycles. The molecule has 1 aliphatic heterocycles. The third-order valence-electron chi connectivity index (χ3n) is 6.86. The van der Waals surface area contributed by atoms with Crippen LogP contribution in [-0.4, -0.2) is 30.5 Å². The van der Waals surface area contributed by atoms with E-state index in [4.69, 9.17) is 4.74 Å². The summed E-state index contributed by atoms with van der Waals surface area (Å²) in [6.07, 6.45) is 4.89. The average molecular weight is 446 g/mol. The summed E-state index contributed by atoms with van der Waals surface area (Å²) in [5.74, 6) is 0.386. The fourth-order valence-corrected chi connectivity index (χ4v) is 5.34. The van der Waals surface area contributed by atoms with Gasteiger partial charge in [-0.25, -0.2) is 4.79 Å². The van der Waals surface area contributed by atoms with Gasteiger partial charge in [-0.3, -0.25) is 4.90 Å². The lowest BCUT2D eigenvalue weighted by Gasteiger charge is -2.46. The molecule has 1 heterocycles. The summed E-state index contributed by atoms with van der Waals surface area (Å²) in [6.45, 7) is 6.91. The molecule has 0 saturated carbocycles. The number of nitrogens with zero attached hydrogens (tertiary/aromatic N) is 1. The second-order valence-corrected chi connectivity index (χ2v) is 8.54. The van der Waals surface area contributed by atoms with E-state index in [1.165, 1.54) is 16.7 Å². The molecule has 3 aromatic rings. The molecule has 0 amide bonds. The Bertz CT molecular complexity index is 1120. The van der Waals surface area contributed by atoms with Gasteiger partial charge in [0.1, 0.15) is 5.75 Å². The van der Waals surface area contributed by atoms with Gasteiger partial charge in [0, 0.05) is 23.9 Å². The van der Waals surface area contributed by atoms with Crippen molar-refractivity contribution in [1.82, 2.24) is 4.90 Å². The highest BCUT2D eigenvalue weighted by Crippen LogP contribution is 2.50. The van der Waals surface area contributed by atoms with Gasteiger partial charge in [0.05, 0.1) is 5.56 Å². The maximum Gasteiger partial charge on any atom is 0.343 e. The van der Waals surface area contributed by atoms with Gasteiger partial charge < -0.3 is 4.74 Å². The Morgan fingerprint density at radius 1 is 0.938 bits per heavy atom. The molecule has 1 saturated heterocycles. The summed E-state index contributed by atoms with van der Waals surface area (Å²) < 4.78 is 5.94. The van der Waals surface area contributed by atoms with E-state index in [9.17, 15) is 4.79 Å². The smallest absolute Gasteiger partial charge is 0.343 e. The molecule has 0 bridgehead atoms. The molecule has 0 unspecified atom stereocenters. The fourth-order valence-electron chi connectivity index (χ4n) is 5.34. The van der Waals surface area contributed by atoms with Crippen LogP contribution < -0.4 is 4.74 Å². The number of likely N-dealkylation sites (tertiary alicyclic amines) is 1. The Morgan fingerprint density at radius 2 is 1.62 bits per heavy atom. The third-order valence-corrected chi connectivity index (χ3v) is 6.86. The van der Waals surface area contributed by atoms with Crippen LogP contribution in [0.15, 0.2) is 85.5 Å². The maximum atomic E-state index is 12.8. The Morgan fingerprint density at radius 3 is 2.38 bits per heavy atom. The molecule has 1 fully saturated rings. The van der Waals surface area contributed by atoms with Crippen LogP contribution in [0.4, 0.5) is 0 Å². The Balaban J connectivity index is 0.00000245. The maximum absolute atomic E-state index is 12.8. The molecular weight excluding hydrogens is 418 g/mol. The van der Waals surface area contributed by atoms with Gasteiger partial charge in [0.15, 0.2) is 0 Å². The van der Waals surface area contributed by atoms with E-state index in [1.807, 2.05) is 36.4 Å². The Labute approximate surface area is 196 Å². The number of carbonyl (C=O) groups is 1. The summed E-state index contributed by atoms with van der Waals surface area (Å²) in [5.41, 5.74) is 5.80. The average Bonchev–Trinajstić information content (AvgIpc) is 2.82. The van der Waals surface area contributed by atoms with Gasteiger partial charge >= 0.3 is 5.97 Å². The van der Waals surface area contributed by atoms with Crippen molar-refractivity contribution in [3.05, 3.63) is 113 Å². The van der Waals surface area contributed by atoms with Crippen LogP contribution in [0.5, 0.6) is 5.75 Å². The van der Waals surface area contributed by atoms with E-state index in [2.05, 4.69) is 41.8 Å². The van der Waals surface area contributed by atoms with E-state index >= 15 is 0 Å². The van der Waals surface area contributed by atoms with Crippen LogP contribution in [0.25, 0.3) is 0 Å². The second-order valence-electron chi connectivity index (χ2n) is 8.54. The predicted octanol–water partition coefficient (Wildman–Crippen LogP) is 5.80. The topological polar surface area (TPSA) is 29.5 Å². The Hall–Kier alpha value is -2.88. The summed E-state index contributed by atoms with van der Waals surface area (Å²) in [4.78, 5) is 15.3. The van der Waals surface area contributed by atoms with Gasteiger partial charge in [0.25, 0.3) is 0 Å². The van der Waals surface area contributed by atoms with E-state index in [0.717, 1.165) is 44.5 Å².